The molecule has 0 spiro atoms. The summed E-state index contributed by atoms with van der Waals surface area (Å²) in [6, 6.07) is 5.20. The van der Waals surface area contributed by atoms with E-state index in [1.165, 1.54) is 0 Å². The van der Waals surface area contributed by atoms with Gasteiger partial charge in [0.1, 0.15) is 0 Å². The number of benzene rings is 1. The summed E-state index contributed by atoms with van der Waals surface area (Å²) < 4.78 is 0.478. The molecule has 2 N–H and O–H groups in total. The highest BCUT2D eigenvalue weighted by atomic mass is 79.9. The Morgan fingerprint density at radius 2 is 2.26 bits per heavy atom. The number of thioether (sulfide) groups is 1. The van der Waals surface area contributed by atoms with E-state index in [1.54, 1.807) is 23.9 Å². The summed E-state index contributed by atoms with van der Waals surface area (Å²) in [6.07, 6.45) is 1.95. The lowest BCUT2D eigenvalue weighted by molar-refractivity contribution is -0.385. The van der Waals surface area contributed by atoms with Crippen molar-refractivity contribution in [1.29, 1.82) is 0 Å². The lowest BCUT2D eigenvalue weighted by atomic mass is 10.1. The first kappa shape index (κ1) is 16.4. The summed E-state index contributed by atoms with van der Waals surface area (Å²) in [5, 5.41) is 23.4. The van der Waals surface area contributed by atoms with Gasteiger partial charge < -0.3 is 10.4 Å². The van der Waals surface area contributed by atoms with Crippen molar-refractivity contribution >= 4 is 33.4 Å². The van der Waals surface area contributed by atoms with Crippen LogP contribution in [0.3, 0.4) is 0 Å². The maximum atomic E-state index is 10.8. The van der Waals surface area contributed by atoms with Crippen LogP contribution in [-0.4, -0.2) is 34.2 Å². The minimum absolute atomic E-state index is 0.0653. The van der Waals surface area contributed by atoms with Gasteiger partial charge in [-0.15, -0.1) is 0 Å². The Morgan fingerprint density at radius 3 is 2.79 bits per heavy atom. The SMILES string of the molecule is CSC(CO)C(C)NCc1ccc(Br)c([N+](=O)[O-])c1. The Hall–Kier alpha value is -0.630. The van der Waals surface area contributed by atoms with Crippen LogP contribution < -0.4 is 5.32 Å². The van der Waals surface area contributed by atoms with Crippen LogP contribution in [0.15, 0.2) is 22.7 Å². The predicted octanol–water partition coefficient (Wildman–Crippen LogP) is 2.56. The number of nitro groups is 1. The molecule has 1 aromatic rings. The van der Waals surface area contributed by atoms with Gasteiger partial charge in [0, 0.05) is 23.9 Å². The standard InChI is InChI=1S/C12H17BrN2O3S/c1-8(12(7-16)19-2)14-6-9-3-4-10(13)11(5-9)15(17)18/h3-5,8,12,14,16H,6-7H2,1-2H3. The molecule has 1 rings (SSSR count). The van der Waals surface area contributed by atoms with Crippen LogP contribution in [0.1, 0.15) is 12.5 Å². The van der Waals surface area contributed by atoms with Crippen LogP contribution >= 0.6 is 27.7 Å². The van der Waals surface area contributed by atoms with Crippen molar-refractivity contribution in [3.05, 3.63) is 38.3 Å². The van der Waals surface area contributed by atoms with E-state index in [0.29, 0.717) is 11.0 Å². The van der Waals surface area contributed by atoms with E-state index in [0.717, 1.165) is 5.56 Å². The summed E-state index contributed by atoms with van der Waals surface area (Å²) in [5.74, 6) is 0. The molecule has 0 heterocycles. The number of nitrogens with zero attached hydrogens (tertiary/aromatic N) is 1. The van der Waals surface area contributed by atoms with E-state index in [9.17, 15) is 15.2 Å². The van der Waals surface area contributed by atoms with Crippen LogP contribution in [-0.2, 0) is 6.54 Å². The van der Waals surface area contributed by atoms with Gasteiger partial charge >= 0.3 is 0 Å². The molecule has 19 heavy (non-hydrogen) atoms. The fourth-order valence-corrected chi connectivity index (χ4v) is 2.70. The highest BCUT2D eigenvalue weighted by Crippen LogP contribution is 2.25. The summed E-state index contributed by atoms with van der Waals surface area (Å²) in [7, 11) is 0. The van der Waals surface area contributed by atoms with Crippen molar-refractivity contribution in [3.63, 3.8) is 0 Å². The Morgan fingerprint density at radius 1 is 1.58 bits per heavy atom. The molecule has 1 aromatic carbocycles. The van der Waals surface area contributed by atoms with E-state index in [-0.39, 0.29) is 23.6 Å². The first-order valence-electron chi connectivity index (χ1n) is 5.79. The molecule has 0 amide bonds. The Kier molecular flexibility index (Phi) is 6.78. The number of aliphatic hydroxyl groups is 1. The first-order valence-corrected chi connectivity index (χ1v) is 7.87. The number of hydrogen-bond acceptors (Lipinski definition) is 5. The molecule has 7 heteroatoms. The van der Waals surface area contributed by atoms with Gasteiger partial charge in [-0.25, -0.2) is 0 Å². The zero-order valence-electron chi connectivity index (χ0n) is 10.8. The van der Waals surface area contributed by atoms with Crippen LogP contribution in [0.2, 0.25) is 0 Å². The van der Waals surface area contributed by atoms with Crippen molar-refractivity contribution < 1.29 is 10.0 Å². The Balaban J connectivity index is 2.68. The molecule has 2 atom stereocenters. The molecule has 0 fully saturated rings. The number of aliphatic hydroxyl groups excluding tert-OH is 1. The molecule has 0 aliphatic carbocycles. The van der Waals surface area contributed by atoms with Crippen LogP contribution in [0.25, 0.3) is 0 Å². The maximum Gasteiger partial charge on any atom is 0.283 e. The number of nitrogens with one attached hydrogen (secondary N) is 1. The van der Waals surface area contributed by atoms with E-state index >= 15 is 0 Å². The average molecular weight is 349 g/mol. The fourth-order valence-electron chi connectivity index (χ4n) is 1.66. The lowest BCUT2D eigenvalue weighted by Gasteiger charge is -2.21. The van der Waals surface area contributed by atoms with Crippen molar-refractivity contribution in [2.45, 2.75) is 24.8 Å². The number of hydrogen-bond donors (Lipinski definition) is 2. The minimum atomic E-state index is -0.407. The van der Waals surface area contributed by atoms with Crippen LogP contribution in [0.5, 0.6) is 0 Å². The number of nitro benzene ring substituents is 1. The number of rotatable bonds is 7. The van der Waals surface area contributed by atoms with E-state index in [1.807, 2.05) is 19.2 Å². The molecule has 0 saturated carbocycles. The first-order chi connectivity index (χ1) is 8.99. The van der Waals surface area contributed by atoms with Crippen molar-refractivity contribution in [2.75, 3.05) is 12.9 Å². The van der Waals surface area contributed by atoms with Gasteiger partial charge in [0.2, 0.25) is 0 Å². The average Bonchev–Trinajstić information content (AvgIpc) is 2.38. The topological polar surface area (TPSA) is 75.4 Å². The third kappa shape index (κ3) is 4.76. The second kappa shape index (κ2) is 7.84. The van der Waals surface area contributed by atoms with Gasteiger partial charge in [0.25, 0.3) is 5.69 Å². The molecule has 0 aromatic heterocycles. The van der Waals surface area contributed by atoms with E-state index < -0.39 is 4.92 Å². The summed E-state index contributed by atoms with van der Waals surface area (Å²) in [4.78, 5) is 10.4. The highest BCUT2D eigenvalue weighted by molar-refractivity contribution is 9.10. The van der Waals surface area contributed by atoms with Crippen molar-refractivity contribution in [1.82, 2.24) is 5.32 Å². The van der Waals surface area contributed by atoms with Gasteiger partial charge in [-0.2, -0.15) is 11.8 Å². The van der Waals surface area contributed by atoms with E-state index in [2.05, 4.69) is 21.2 Å². The second-order valence-electron chi connectivity index (χ2n) is 4.17. The molecule has 0 radical (unpaired) electrons. The summed E-state index contributed by atoms with van der Waals surface area (Å²) in [5.41, 5.74) is 0.912. The summed E-state index contributed by atoms with van der Waals surface area (Å²) >= 11 is 4.75. The zero-order chi connectivity index (χ0) is 14.4. The third-order valence-electron chi connectivity index (χ3n) is 2.88. The van der Waals surface area contributed by atoms with Gasteiger partial charge in [-0.3, -0.25) is 10.1 Å². The summed E-state index contributed by atoms with van der Waals surface area (Å²) in [6.45, 7) is 2.63. The fraction of sp³-hybridized carbons (Fsp3) is 0.500. The molecule has 0 saturated heterocycles. The smallest absolute Gasteiger partial charge is 0.283 e. The molecule has 0 aliphatic rings. The lowest BCUT2D eigenvalue weighted by Crippen LogP contribution is -2.37. The largest absolute Gasteiger partial charge is 0.395 e. The quantitative estimate of drug-likeness (QED) is 0.585. The predicted molar refractivity (Wildman–Crippen MR) is 81.5 cm³/mol. The molecule has 0 bridgehead atoms. The van der Waals surface area contributed by atoms with Gasteiger partial charge in [-0.1, -0.05) is 6.07 Å². The normalized spacial score (nSPS) is 14.1. The molecule has 2 unspecified atom stereocenters. The molecular formula is C12H17BrN2O3S. The van der Waals surface area contributed by atoms with Crippen LogP contribution in [0, 0.1) is 10.1 Å². The van der Waals surface area contributed by atoms with Crippen LogP contribution in [0.4, 0.5) is 5.69 Å². The zero-order valence-corrected chi connectivity index (χ0v) is 13.2. The second-order valence-corrected chi connectivity index (χ2v) is 6.10. The van der Waals surface area contributed by atoms with Gasteiger partial charge in [0.05, 0.1) is 16.0 Å². The molecular weight excluding hydrogens is 332 g/mol. The molecule has 5 nitrogen and oxygen atoms in total. The van der Waals surface area contributed by atoms with Gasteiger partial charge in [-0.05, 0) is 40.7 Å². The van der Waals surface area contributed by atoms with E-state index in [4.69, 9.17) is 0 Å². The molecule has 0 aliphatic heterocycles. The van der Waals surface area contributed by atoms with Crippen molar-refractivity contribution in [2.24, 2.45) is 0 Å². The highest BCUT2D eigenvalue weighted by Gasteiger charge is 2.16. The number of halogens is 1. The minimum Gasteiger partial charge on any atom is -0.395 e. The molecule has 106 valence electrons. The third-order valence-corrected chi connectivity index (χ3v) is 4.71. The monoisotopic (exact) mass is 348 g/mol. The van der Waals surface area contributed by atoms with Gasteiger partial charge in [0.15, 0.2) is 0 Å². The Labute approximate surface area is 125 Å². The van der Waals surface area contributed by atoms with Crippen molar-refractivity contribution in [3.8, 4) is 0 Å². The maximum absolute atomic E-state index is 10.8. The Bertz CT molecular complexity index is 441.